The van der Waals surface area contributed by atoms with Gasteiger partial charge in [0, 0.05) is 29.5 Å². The van der Waals surface area contributed by atoms with Crippen LogP contribution in [0.25, 0.3) is 0 Å². The molecule has 26 heavy (non-hydrogen) atoms. The van der Waals surface area contributed by atoms with Gasteiger partial charge in [-0.25, -0.2) is 0 Å². The van der Waals surface area contributed by atoms with Crippen molar-refractivity contribution < 1.29 is 9.53 Å². The Balaban J connectivity index is 0.00000169. The summed E-state index contributed by atoms with van der Waals surface area (Å²) in [7, 11) is 0. The molecule has 2 aliphatic rings. The minimum atomic E-state index is -0.0102. The third-order valence-corrected chi connectivity index (χ3v) is 5.79. The van der Waals surface area contributed by atoms with Gasteiger partial charge in [-0.2, -0.15) is 0 Å². The van der Waals surface area contributed by atoms with Crippen LogP contribution in [0.1, 0.15) is 37.7 Å². The number of hydrogen-bond acceptors (Lipinski definition) is 4. The summed E-state index contributed by atoms with van der Waals surface area (Å²) in [5, 5.41) is 3.03. The van der Waals surface area contributed by atoms with E-state index >= 15 is 0 Å². The highest BCUT2D eigenvalue weighted by atomic mass is 79.9. The predicted molar refractivity (Wildman–Crippen MR) is 115 cm³/mol. The van der Waals surface area contributed by atoms with Gasteiger partial charge in [0.05, 0.1) is 24.6 Å². The SMILES string of the molecule is Cc1cc(Br)cc(NC(=O)CC2(N3CCOCC3)CCCC2)c1N.Cl.Cl. The molecule has 1 aromatic carbocycles. The molecule has 0 spiro atoms. The predicted octanol–water partition coefficient (Wildman–Crippen LogP) is 4.16. The van der Waals surface area contributed by atoms with Gasteiger partial charge in [0.1, 0.15) is 0 Å². The third kappa shape index (κ3) is 5.26. The first kappa shape index (κ1) is 23.5. The van der Waals surface area contributed by atoms with Crippen molar-refractivity contribution in [2.75, 3.05) is 37.4 Å². The second-order valence-electron chi connectivity index (χ2n) is 6.94. The number of ether oxygens (including phenoxy) is 1. The molecule has 1 amide bonds. The van der Waals surface area contributed by atoms with Gasteiger partial charge in [-0.3, -0.25) is 9.69 Å². The molecule has 8 heteroatoms. The van der Waals surface area contributed by atoms with Crippen LogP contribution >= 0.6 is 40.7 Å². The maximum absolute atomic E-state index is 12.8. The van der Waals surface area contributed by atoms with Crippen LogP contribution in [0.2, 0.25) is 0 Å². The average Bonchev–Trinajstić information content (AvgIpc) is 3.02. The van der Waals surface area contributed by atoms with Crippen molar-refractivity contribution in [2.24, 2.45) is 0 Å². The van der Waals surface area contributed by atoms with Crippen molar-refractivity contribution in [3.63, 3.8) is 0 Å². The zero-order chi connectivity index (χ0) is 17.2. The lowest BCUT2D eigenvalue weighted by Gasteiger charge is -2.43. The van der Waals surface area contributed by atoms with Crippen LogP contribution in [-0.4, -0.2) is 42.6 Å². The molecule has 5 nitrogen and oxygen atoms in total. The maximum Gasteiger partial charge on any atom is 0.226 e. The van der Waals surface area contributed by atoms with E-state index in [0.29, 0.717) is 17.8 Å². The zero-order valence-corrected chi connectivity index (χ0v) is 18.3. The molecule has 148 valence electrons. The Bertz CT molecular complexity index is 619. The molecule has 1 saturated carbocycles. The van der Waals surface area contributed by atoms with E-state index in [2.05, 4.69) is 26.1 Å². The summed E-state index contributed by atoms with van der Waals surface area (Å²) >= 11 is 3.47. The summed E-state index contributed by atoms with van der Waals surface area (Å²) in [4.78, 5) is 15.2. The lowest BCUT2D eigenvalue weighted by atomic mass is 9.90. The Kier molecular flexibility index (Phi) is 9.16. The van der Waals surface area contributed by atoms with Gasteiger partial charge in [0.2, 0.25) is 5.91 Å². The van der Waals surface area contributed by atoms with Crippen LogP contribution in [0.5, 0.6) is 0 Å². The summed E-state index contributed by atoms with van der Waals surface area (Å²) in [5.74, 6) is 0.0487. The lowest BCUT2D eigenvalue weighted by molar-refractivity contribution is -0.120. The molecule has 1 aliphatic heterocycles. The molecule has 0 bridgehead atoms. The molecule has 3 rings (SSSR count). The molecular formula is C18H28BrCl2N3O2. The zero-order valence-electron chi connectivity index (χ0n) is 15.1. The van der Waals surface area contributed by atoms with Crippen LogP contribution in [0.15, 0.2) is 16.6 Å². The molecule has 3 N–H and O–H groups in total. The highest BCUT2D eigenvalue weighted by Gasteiger charge is 2.41. The number of nitrogen functional groups attached to an aromatic ring is 1. The fourth-order valence-electron chi connectivity index (χ4n) is 4.03. The van der Waals surface area contributed by atoms with Gasteiger partial charge in [-0.05, 0) is 37.5 Å². The van der Waals surface area contributed by atoms with Crippen molar-refractivity contribution in [1.29, 1.82) is 0 Å². The molecular weight excluding hydrogens is 441 g/mol. The molecule has 0 unspecified atom stereocenters. The highest BCUT2D eigenvalue weighted by Crippen LogP contribution is 2.39. The van der Waals surface area contributed by atoms with Gasteiger partial charge in [0.25, 0.3) is 0 Å². The van der Waals surface area contributed by atoms with E-state index in [0.717, 1.165) is 49.2 Å². The van der Waals surface area contributed by atoms with Crippen LogP contribution in [0.4, 0.5) is 11.4 Å². The van der Waals surface area contributed by atoms with E-state index in [1.807, 2.05) is 19.1 Å². The number of amides is 1. The van der Waals surface area contributed by atoms with E-state index < -0.39 is 0 Å². The number of aryl methyl sites for hydroxylation is 1. The lowest BCUT2D eigenvalue weighted by Crippen LogP contribution is -2.53. The number of carbonyl (C=O) groups excluding carboxylic acids is 1. The largest absolute Gasteiger partial charge is 0.397 e. The number of anilines is 2. The molecule has 1 aromatic rings. The number of carbonyl (C=O) groups is 1. The molecule has 0 aromatic heterocycles. The topological polar surface area (TPSA) is 67.6 Å². The smallest absolute Gasteiger partial charge is 0.226 e. The van der Waals surface area contributed by atoms with Gasteiger partial charge < -0.3 is 15.8 Å². The number of nitrogens with two attached hydrogens (primary N) is 1. The summed E-state index contributed by atoms with van der Waals surface area (Å²) in [5.41, 5.74) is 8.41. The van der Waals surface area contributed by atoms with E-state index in [9.17, 15) is 4.79 Å². The molecule has 1 aliphatic carbocycles. The Morgan fingerprint density at radius 1 is 1.27 bits per heavy atom. The summed E-state index contributed by atoms with van der Waals surface area (Å²) in [6.45, 7) is 5.32. The van der Waals surface area contributed by atoms with Crippen LogP contribution < -0.4 is 11.1 Å². The number of nitrogens with zero attached hydrogens (tertiary/aromatic N) is 1. The number of hydrogen-bond donors (Lipinski definition) is 2. The minimum absolute atomic E-state index is 0. The van der Waals surface area contributed by atoms with E-state index in [1.165, 1.54) is 12.8 Å². The van der Waals surface area contributed by atoms with Crippen LogP contribution in [-0.2, 0) is 9.53 Å². The summed E-state index contributed by atoms with van der Waals surface area (Å²) < 4.78 is 6.41. The van der Waals surface area contributed by atoms with E-state index in [-0.39, 0.29) is 36.3 Å². The van der Waals surface area contributed by atoms with Crippen molar-refractivity contribution in [3.05, 3.63) is 22.2 Å². The van der Waals surface area contributed by atoms with Gasteiger partial charge in [0.15, 0.2) is 0 Å². The summed E-state index contributed by atoms with van der Waals surface area (Å²) in [6.07, 6.45) is 5.10. The average molecular weight is 469 g/mol. The van der Waals surface area contributed by atoms with Gasteiger partial charge in [-0.1, -0.05) is 28.8 Å². The number of rotatable bonds is 4. The fourth-order valence-corrected chi connectivity index (χ4v) is 4.60. The monoisotopic (exact) mass is 467 g/mol. The quantitative estimate of drug-likeness (QED) is 0.651. The highest BCUT2D eigenvalue weighted by molar-refractivity contribution is 9.10. The first-order valence-electron chi connectivity index (χ1n) is 8.68. The van der Waals surface area contributed by atoms with Crippen molar-refractivity contribution in [2.45, 2.75) is 44.6 Å². The molecule has 1 heterocycles. The Morgan fingerprint density at radius 2 is 1.88 bits per heavy atom. The second kappa shape index (κ2) is 10.1. The van der Waals surface area contributed by atoms with Crippen molar-refractivity contribution >= 4 is 58.0 Å². The third-order valence-electron chi connectivity index (χ3n) is 5.33. The van der Waals surface area contributed by atoms with Crippen LogP contribution in [0.3, 0.4) is 0 Å². The molecule has 0 radical (unpaired) electrons. The molecule has 1 saturated heterocycles. The van der Waals surface area contributed by atoms with Crippen molar-refractivity contribution in [3.8, 4) is 0 Å². The first-order chi connectivity index (χ1) is 11.5. The minimum Gasteiger partial charge on any atom is -0.397 e. The van der Waals surface area contributed by atoms with Gasteiger partial charge in [-0.15, -0.1) is 24.8 Å². The van der Waals surface area contributed by atoms with E-state index in [1.54, 1.807) is 0 Å². The molecule has 0 atom stereocenters. The number of nitrogens with one attached hydrogen (secondary N) is 1. The Morgan fingerprint density at radius 3 is 2.50 bits per heavy atom. The first-order valence-corrected chi connectivity index (χ1v) is 9.48. The van der Waals surface area contributed by atoms with E-state index in [4.69, 9.17) is 10.5 Å². The number of morpholine rings is 1. The number of halogens is 3. The number of benzene rings is 1. The second-order valence-corrected chi connectivity index (χ2v) is 7.86. The fraction of sp³-hybridized carbons (Fsp3) is 0.611. The summed E-state index contributed by atoms with van der Waals surface area (Å²) in [6, 6.07) is 3.83. The maximum atomic E-state index is 12.8. The van der Waals surface area contributed by atoms with Crippen molar-refractivity contribution in [1.82, 2.24) is 4.90 Å². The van der Waals surface area contributed by atoms with Gasteiger partial charge >= 0.3 is 0 Å². The molecule has 2 fully saturated rings. The Hall–Kier alpha value is -0.530. The standard InChI is InChI=1S/C18H26BrN3O2.2ClH/c1-13-10-14(19)11-15(17(13)20)21-16(23)12-18(4-2-3-5-18)22-6-8-24-9-7-22;;/h10-11H,2-9,12,20H2,1H3,(H,21,23);2*1H. The Labute approximate surface area is 176 Å². The normalized spacial score (nSPS) is 19.3. The van der Waals surface area contributed by atoms with Crippen LogP contribution in [0, 0.1) is 6.92 Å².